The number of sulfone groups is 1. The van der Waals surface area contributed by atoms with Gasteiger partial charge in [0.05, 0.1) is 24.4 Å². The van der Waals surface area contributed by atoms with Crippen molar-refractivity contribution in [1.29, 1.82) is 0 Å². The van der Waals surface area contributed by atoms with Crippen molar-refractivity contribution in [1.82, 2.24) is 19.9 Å². The van der Waals surface area contributed by atoms with Crippen LogP contribution in [0.5, 0.6) is 0 Å². The number of aromatic nitrogens is 3. The molecular weight excluding hydrogens is 312 g/mol. The van der Waals surface area contributed by atoms with Gasteiger partial charge in [0.25, 0.3) is 0 Å². The topological polar surface area (TPSA) is 122 Å². The van der Waals surface area contributed by atoms with E-state index in [9.17, 15) is 23.1 Å². The van der Waals surface area contributed by atoms with Crippen LogP contribution in [0.3, 0.4) is 0 Å². The zero-order valence-corrected chi connectivity index (χ0v) is 13.2. The Morgan fingerprint density at radius 2 is 2.09 bits per heavy atom. The number of amides is 1. The summed E-state index contributed by atoms with van der Waals surface area (Å²) in [6, 6.07) is -1.41. The number of rotatable bonds is 3. The lowest BCUT2D eigenvalue weighted by molar-refractivity contribution is -0.157. The van der Waals surface area contributed by atoms with Crippen molar-refractivity contribution in [3.63, 3.8) is 0 Å². The Bertz CT molecular complexity index is 785. The first-order valence-electron chi connectivity index (χ1n) is 6.75. The fourth-order valence-corrected chi connectivity index (χ4v) is 5.53. The number of hydrogen-bond acceptors (Lipinski definition) is 6. The van der Waals surface area contributed by atoms with Crippen molar-refractivity contribution in [3.8, 4) is 0 Å². The molecule has 9 nitrogen and oxygen atoms in total. The van der Waals surface area contributed by atoms with Crippen molar-refractivity contribution in [2.24, 2.45) is 0 Å². The summed E-state index contributed by atoms with van der Waals surface area (Å²) in [5, 5.41) is 16.2. The Morgan fingerprint density at radius 3 is 2.55 bits per heavy atom. The van der Waals surface area contributed by atoms with Gasteiger partial charge in [-0.3, -0.25) is 4.79 Å². The number of carboxylic acids is 1. The Kier molecular flexibility index (Phi) is 2.91. The summed E-state index contributed by atoms with van der Waals surface area (Å²) in [6.07, 6.45) is -0.156. The summed E-state index contributed by atoms with van der Waals surface area (Å²) in [7, 11) is -3.82. The van der Waals surface area contributed by atoms with Crippen molar-refractivity contribution >= 4 is 21.7 Å². The van der Waals surface area contributed by atoms with Crippen molar-refractivity contribution in [2.75, 3.05) is 0 Å². The highest BCUT2D eigenvalue weighted by molar-refractivity contribution is 7.93. The molecule has 1 N–H and O–H groups in total. The quantitative estimate of drug-likeness (QED) is 0.713. The lowest BCUT2D eigenvalue weighted by Crippen LogP contribution is -2.58. The molecule has 120 valence electrons. The standard InChI is InChI=1S/C12H16N4O5S/c1-6-7(2)15(14-13-6)5-12(3)10(11(18)19)16-8(17)4-9(16)22(12,20)21/h9-10H,4-5H2,1-3H3,(H,18,19)/t9-,10-,12-/m0/s1. The Morgan fingerprint density at radius 1 is 1.45 bits per heavy atom. The first-order chi connectivity index (χ1) is 10.1. The summed E-state index contributed by atoms with van der Waals surface area (Å²) in [5.41, 5.74) is 1.31. The summed E-state index contributed by atoms with van der Waals surface area (Å²) < 4.78 is 25.2. The molecule has 0 spiro atoms. The second-order valence-corrected chi connectivity index (χ2v) is 8.54. The predicted octanol–water partition coefficient (Wildman–Crippen LogP) is -0.906. The van der Waals surface area contributed by atoms with Gasteiger partial charge >= 0.3 is 5.97 Å². The van der Waals surface area contributed by atoms with Gasteiger partial charge in [-0.25, -0.2) is 17.9 Å². The van der Waals surface area contributed by atoms with Gasteiger partial charge in [-0.05, 0) is 20.8 Å². The lowest BCUT2D eigenvalue weighted by atomic mass is 9.96. The second-order valence-electron chi connectivity index (χ2n) is 5.98. The van der Waals surface area contributed by atoms with Crippen LogP contribution < -0.4 is 0 Å². The fraction of sp³-hybridized carbons (Fsp3) is 0.667. The van der Waals surface area contributed by atoms with Crippen LogP contribution in [0, 0.1) is 13.8 Å². The van der Waals surface area contributed by atoms with E-state index in [0.717, 1.165) is 4.90 Å². The molecule has 0 unspecified atom stereocenters. The van der Waals surface area contributed by atoms with Crippen LogP contribution in [0.4, 0.5) is 0 Å². The van der Waals surface area contributed by atoms with Crippen molar-refractivity contribution in [2.45, 2.75) is 49.9 Å². The molecule has 0 radical (unpaired) electrons. The van der Waals surface area contributed by atoms with E-state index in [1.807, 2.05) is 0 Å². The zero-order chi connectivity index (χ0) is 16.4. The number of carboxylic acid groups (broad SMARTS) is 1. The summed E-state index contributed by atoms with van der Waals surface area (Å²) in [5.74, 6) is -1.77. The molecule has 2 aliphatic heterocycles. The van der Waals surface area contributed by atoms with E-state index in [-0.39, 0.29) is 13.0 Å². The number of β-lactam (4-membered cyclic amide) rings is 1. The largest absolute Gasteiger partial charge is 0.480 e. The van der Waals surface area contributed by atoms with Crippen LogP contribution in [0.15, 0.2) is 0 Å². The molecule has 3 rings (SSSR count). The van der Waals surface area contributed by atoms with Crippen LogP contribution >= 0.6 is 0 Å². The molecule has 2 fully saturated rings. The van der Waals surface area contributed by atoms with Gasteiger partial charge in [-0.1, -0.05) is 5.21 Å². The molecular formula is C12H16N4O5S. The summed E-state index contributed by atoms with van der Waals surface area (Å²) in [4.78, 5) is 24.3. The monoisotopic (exact) mass is 328 g/mol. The van der Waals surface area contributed by atoms with E-state index in [2.05, 4.69) is 10.3 Å². The molecule has 1 amide bonds. The van der Waals surface area contributed by atoms with E-state index < -0.39 is 37.9 Å². The minimum Gasteiger partial charge on any atom is -0.480 e. The maximum atomic E-state index is 12.7. The Balaban J connectivity index is 2.10. The maximum Gasteiger partial charge on any atom is 0.328 e. The number of carbonyl (C=O) groups is 2. The van der Waals surface area contributed by atoms with Crippen LogP contribution in [0.25, 0.3) is 0 Å². The first kappa shape index (κ1) is 14.9. The third kappa shape index (κ3) is 1.61. The zero-order valence-electron chi connectivity index (χ0n) is 12.3. The predicted molar refractivity (Wildman–Crippen MR) is 73.5 cm³/mol. The number of aryl methyl sites for hydroxylation is 1. The second kappa shape index (κ2) is 4.28. The van der Waals surface area contributed by atoms with Crippen LogP contribution in [0.1, 0.15) is 24.7 Å². The molecule has 2 aliphatic rings. The highest BCUT2D eigenvalue weighted by Gasteiger charge is 2.70. The highest BCUT2D eigenvalue weighted by Crippen LogP contribution is 2.46. The van der Waals surface area contributed by atoms with Crippen LogP contribution in [-0.4, -0.2) is 61.5 Å². The van der Waals surface area contributed by atoms with Gasteiger partial charge < -0.3 is 10.0 Å². The minimum absolute atomic E-state index is 0.154. The summed E-state index contributed by atoms with van der Waals surface area (Å²) in [6.45, 7) is 4.67. The minimum atomic E-state index is -3.82. The molecule has 10 heteroatoms. The number of fused-ring (bicyclic) bond motifs is 1. The van der Waals surface area contributed by atoms with Gasteiger partial charge in [-0.2, -0.15) is 0 Å². The number of carbonyl (C=O) groups excluding carboxylic acids is 1. The number of aliphatic carboxylic acids is 1. The van der Waals surface area contributed by atoms with E-state index in [4.69, 9.17) is 0 Å². The first-order valence-corrected chi connectivity index (χ1v) is 8.30. The van der Waals surface area contributed by atoms with Crippen LogP contribution in [0.2, 0.25) is 0 Å². The Hall–Kier alpha value is -1.97. The normalized spacial score (nSPS) is 32.7. The lowest BCUT2D eigenvalue weighted by Gasteiger charge is -2.35. The maximum absolute atomic E-state index is 12.7. The van der Waals surface area contributed by atoms with Crippen LogP contribution in [-0.2, 0) is 26.0 Å². The highest BCUT2D eigenvalue weighted by atomic mass is 32.2. The molecule has 0 aliphatic carbocycles. The van der Waals surface area contributed by atoms with Crippen molar-refractivity contribution in [3.05, 3.63) is 11.4 Å². The molecule has 0 bridgehead atoms. The van der Waals surface area contributed by atoms with Gasteiger partial charge in [0.2, 0.25) is 5.91 Å². The molecule has 3 heterocycles. The molecule has 1 aromatic rings. The molecule has 2 saturated heterocycles. The third-order valence-corrected chi connectivity index (χ3v) is 7.49. The van der Waals surface area contributed by atoms with E-state index in [1.165, 1.54) is 11.6 Å². The molecule has 22 heavy (non-hydrogen) atoms. The average molecular weight is 328 g/mol. The molecule has 0 aromatic carbocycles. The Labute approximate surface area is 126 Å². The fourth-order valence-electron chi connectivity index (χ4n) is 3.18. The molecule has 1 aromatic heterocycles. The third-order valence-electron chi connectivity index (χ3n) is 4.72. The van der Waals surface area contributed by atoms with Gasteiger partial charge in [0.15, 0.2) is 15.9 Å². The molecule has 3 atom stereocenters. The SMILES string of the molecule is Cc1nnn(C[C@@]2(C)[C@H](C(=O)O)N3C(=O)C[C@@H]3S2(=O)=O)c1C. The van der Waals surface area contributed by atoms with Crippen molar-refractivity contribution < 1.29 is 23.1 Å². The van der Waals surface area contributed by atoms with Gasteiger partial charge in [0.1, 0.15) is 10.1 Å². The van der Waals surface area contributed by atoms with E-state index in [1.54, 1.807) is 13.8 Å². The van der Waals surface area contributed by atoms with Gasteiger partial charge in [0, 0.05) is 0 Å². The molecule has 0 saturated carbocycles. The smallest absolute Gasteiger partial charge is 0.328 e. The average Bonchev–Trinajstić information content (AvgIpc) is 2.78. The number of hydrogen-bond donors (Lipinski definition) is 1. The van der Waals surface area contributed by atoms with E-state index in [0.29, 0.717) is 11.4 Å². The van der Waals surface area contributed by atoms with E-state index >= 15 is 0 Å². The van der Waals surface area contributed by atoms with Gasteiger partial charge in [-0.15, -0.1) is 5.10 Å². The summed E-state index contributed by atoms with van der Waals surface area (Å²) >= 11 is 0. The number of nitrogens with zero attached hydrogens (tertiary/aromatic N) is 4.